The third-order valence-electron chi connectivity index (χ3n) is 4.11. The van der Waals surface area contributed by atoms with Gasteiger partial charge in [0.15, 0.2) is 0 Å². The summed E-state index contributed by atoms with van der Waals surface area (Å²) in [7, 11) is -3.69. The van der Waals surface area contributed by atoms with E-state index >= 15 is 0 Å². The van der Waals surface area contributed by atoms with Gasteiger partial charge >= 0.3 is 5.97 Å². The van der Waals surface area contributed by atoms with Crippen molar-refractivity contribution in [3.05, 3.63) is 59.7 Å². The molecule has 0 bridgehead atoms. The molecular weight excluding hydrogens is 370 g/mol. The van der Waals surface area contributed by atoms with Crippen molar-refractivity contribution < 1.29 is 23.8 Å². The van der Waals surface area contributed by atoms with Crippen LogP contribution in [0.5, 0.6) is 0 Å². The van der Waals surface area contributed by atoms with Crippen molar-refractivity contribution in [2.24, 2.45) is 5.14 Å². The van der Waals surface area contributed by atoms with Gasteiger partial charge in [0.1, 0.15) is 5.82 Å². The number of para-hydroxylation sites is 1. The minimum atomic E-state index is -3.69. The van der Waals surface area contributed by atoms with Crippen LogP contribution in [0, 0.1) is 0 Å². The number of rotatable bonds is 7. The van der Waals surface area contributed by atoms with E-state index < -0.39 is 16.0 Å². The second-order valence-electron chi connectivity index (χ2n) is 5.96. The lowest BCUT2D eigenvalue weighted by molar-refractivity contribution is -0.136. The number of carbonyl (C=O) groups is 1. The quantitative estimate of drug-likeness (QED) is 0.477. The molecule has 0 aliphatic rings. The molecule has 0 amide bonds. The lowest BCUT2D eigenvalue weighted by Crippen LogP contribution is -2.12. The number of primary sulfonamides is 1. The maximum atomic E-state index is 11.3. The van der Waals surface area contributed by atoms with Crippen LogP contribution in [-0.4, -0.2) is 36.5 Å². The highest BCUT2D eigenvalue weighted by molar-refractivity contribution is 7.89. The van der Waals surface area contributed by atoms with Crippen molar-refractivity contribution >= 4 is 32.7 Å². The molecule has 7 N–H and O–H groups in total. The highest BCUT2D eigenvalue weighted by Crippen LogP contribution is 2.26. The molecule has 9 heteroatoms. The number of aromatic amines is 1. The van der Waals surface area contributed by atoms with Crippen molar-refractivity contribution in [2.75, 3.05) is 11.9 Å². The summed E-state index contributed by atoms with van der Waals surface area (Å²) in [5, 5.41) is 18.4. The van der Waals surface area contributed by atoms with Gasteiger partial charge in [-0.1, -0.05) is 30.3 Å². The van der Waals surface area contributed by atoms with E-state index in [1.54, 1.807) is 12.1 Å². The summed E-state index contributed by atoms with van der Waals surface area (Å²) >= 11 is 0. The number of fused-ring (bicyclic) bond motifs is 1. The molecule has 1 aromatic heterocycles. The fourth-order valence-electron chi connectivity index (χ4n) is 2.86. The maximum absolute atomic E-state index is 11.3. The first-order chi connectivity index (χ1) is 12.3. The molecule has 0 radical (unpaired) electrons. The van der Waals surface area contributed by atoms with Gasteiger partial charge in [-0.15, -0.1) is 0 Å². The van der Waals surface area contributed by atoms with Crippen molar-refractivity contribution in [2.45, 2.75) is 17.7 Å². The third kappa shape index (κ3) is 4.85. The van der Waals surface area contributed by atoms with Crippen LogP contribution in [0.3, 0.4) is 0 Å². The predicted octanol–water partition coefficient (Wildman–Crippen LogP) is 1.27. The molecule has 0 saturated heterocycles. The van der Waals surface area contributed by atoms with E-state index in [-0.39, 0.29) is 16.8 Å². The number of benzene rings is 2. The van der Waals surface area contributed by atoms with Crippen molar-refractivity contribution in [1.29, 1.82) is 0 Å². The largest absolute Gasteiger partial charge is 0.481 e. The minimum Gasteiger partial charge on any atom is -0.481 e. The highest BCUT2D eigenvalue weighted by atomic mass is 32.2. The van der Waals surface area contributed by atoms with Crippen LogP contribution < -0.4 is 10.5 Å². The van der Waals surface area contributed by atoms with E-state index in [9.17, 15) is 13.2 Å². The zero-order valence-electron chi connectivity index (χ0n) is 14.4. The molecule has 1 heterocycles. The van der Waals surface area contributed by atoms with Crippen LogP contribution >= 0.6 is 0 Å². The first kappa shape index (κ1) is 20.4. The molecule has 0 unspecified atom stereocenters. The van der Waals surface area contributed by atoms with Gasteiger partial charge in [0.2, 0.25) is 10.0 Å². The summed E-state index contributed by atoms with van der Waals surface area (Å²) in [5.41, 5.74) is 2.54. The fraction of sp³-hybridized carbons (Fsp3) is 0.167. The molecule has 2 aromatic carbocycles. The Morgan fingerprint density at radius 3 is 2.41 bits per heavy atom. The van der Waals surface area contributed by atoms with Crippen molar-refractivity contribution in [3.8, 4) is 0 Å². The second kappa shape index (κ2) is 8.21. The Bertz CT molecular complexity index is 1040. The normalized spacial score (nSPS) is 11.1. The Hall–Kier alpha value is -2.88. The van der Waals surface area contributed by atoms with E-state index in [0.29, 0.717) is 18.8 Å². The third-order valence-corrected chi connectivity index (χ3v) is 5.04. The fourth-order valence-corrected chi connectivity index (χ4v) is 3.38. The van der Waals surface area contributed by atoms with Crippen molar-refractivity contribution in [1.82, 2.24) is 4.98 Å². The lowest BCUT2D eigenvalue weighted by Gasteiger charge is -2.08. The van der Waals surface area contributed by atoms with E-state index in [1.807, 2.05) is 24.3 Å². The number of carboxylic acid groups (broad SMARTS) is 1. The molecule has 3 aromatic rings. The molecule has 8 nitrogen and oxygen atoms in total. The first-order valence-corrected chi connectivity index (χ1v) is 9.56. The van der Waals surface area contributed by atoms with Crippen LogP contribution in [0.4, 0.5) is 5.82 Å². The molecule has 0 aliphatic carbocycles. The highest BCUT2D eigenvalue weighted by Gasteiger charge is 2.14. The van der Waals surface area contributed by atoms with Crippen molar-refractivity contribution in [3.63, 3.8) is 0 Å². The molecule has 0 atom stereocenters. The average molecular weight is 391 g/mol. The minimum absolute atomic E-state index is 0. The van der Waals surface area contributed by atoms with E-state index in [4.69, 9.17) is 10.2 Å². The van der Waals surface area contributed by atoms with Crippen LogP contribution in [-0.2, 0) is 27.7 Å². The summed E-state index contributed by atoms with van der Waals surface area (Å²) in [6.45, 7) is 0.564. The topological polar surface area (TPSA) is 157 Å². The van der Waals surface area contributed by atoms with Gasteiger partial charge in [-0.2, -0.15) is 0 Å². The van der Waals surface area contributed by atoms with Gasteiger partial charge in [-0.05, 0) is 30.2 Å². The van der Waals surface area contributed by atoms with Crippen LogP contribution in [0.25, 0.3) is 10.9 Å². The summed E-state index contributed by atoms with van der Waals surface area (Å²) < 4.78 is 22.5. The zero-order valence-corrected chi connectivity index (χ0v) is 15.2. The van der Waals surface area contributed by atoms with Gasteiger partial charge in [-0.25, -0.2) is 13.6 Å². The van der Waals surface area contributed by atoms with E-state index in [0.717, 1.165) is 22.0 Å². The number of hydrogen-bond donors (Lipinski definition) is 4. The molecule has 3 rings (SSSR count). The molecule has 0 aliphatic heterocycles. The van der Waals surface area contributed by atoms with E-state index in [2.05, 4.69) is 10.3 Å². The first-order valence-electron chi connectivity index (χ1n) is 8.01. The second-order valence-corrected chi connectivity index (χ2v) is 7.52. The monoisotopic (exact) mass is 391 g/mol. The zero-order chi connectivity index (χ0) is 18.7. The maximum Gasteiger partial charge on any atom is 0.307 e. The average Bonchev–Trinajstić information content (AvgIpc) is 2.92. The van der Waals surface area contributed by atoms with Crippen LogP contribution in [0.2, 0.25) is 0 Å². The Morgan fingerprint density at radius 2 is 1.78 bits per heavy atom. The molecule has 0 spiro atoms. The molecule has 27 heavy (non-hydrogen) atoms. The number of aromatic nitrogens is 1. The number of hydrogen-bond acceptors (Lipinski definition) is 4. The van der Waals surface area contributed by atoms with Crippen LogP contribution in [0.15, 0.2) is 53.4 Å². The predicted molar refractivity (Wildman–Crippen MR) is 103 cm³/mol. The SMILES string of the molecule is NS(=O)(=O)c1ccc(CCNc2[nH]c3ccccc3c2CC(=O)O)cc1.O. The molecular formula is C18H21N3O5S. The van der Waals surface area contributed by atoms with Crippen LogP contribution in [0.1, 0.15) is 11.1 Å². The number of aliphatic carboxylic acids is 1. The Balaban J connectivity index is 0.00000261. The van der Waals surface area contributed by atoms with E-state index in [1.165, 1.54) is 12.1 Å². The number of nitrogens with one attached hydrogen (secondary N) is 2. The van der Waals surface area contributed by atoms with Gasteiger partial charge in [-0.3, -0.25) is 4.79 Å². The molecule has 144 valence electrons. The Morgan fingerprint density at radius 1 is 1.11 bits per heavy atom. The standard InChI is InChI=1S/C18H19N3O4S.H2O/c19-26(24,25)13-7-5-12(6-8-13)9-10-20-18-15(11-17(22)23)14-3-1-2-4-16(14)21-18;/h1-8,20-21H,9-11H2,(H,22,23)(H2,19,24,25);1H2. The summed E-state index contributed by atoms with van der Waals surface area (Å²) in [6, 6.07) is 13.9. The Kier molecular flexibility index (Phi) is 6.21. The van der Waals surface area contributed by atoms with Gasteiger partial charge in [0.05, 0.1) is 11.3 Å². The lowest BCUT2D eigenvalue weighted by atomic mass is 10.1. The number of H-pyrrole nitrogens is 1. The van der Waals surface area contributed by atoms with Gasteiger partial charge < -0.3 is 20.9 Å². The van der Waals surface area contributed by atoms with Gasteiger partial charge in [0.25, 0.3) is 0 Å². The van der Waals surface area contributed by atoms with Gasteiger partial charge in [0, 0.05) is 23.0 Å². The number of sulfonamides is 1. The Labute approximate surface area is 156 Å². The number of nitrogens with two attached hydrogens (primary N) is 1. The number of anilines is 1. The molecule has 0 saturated carbocycles. The molecule has 0 fully saturated rings. The smallest absolute Gasteiger partial charge is 0.307 e. The summed E-state index contributed by atoms with van der Waals surface area (Å²) in [5.74, 6) is -0.203. The summed E-state index contributed by atoms with van der Waals surface area (Å²) in [6.07, 6.45) is 0.572. The summed E-state index contributed by atoms with van der Waals surface area (Å²) in [4.78, 5) is 14.5. The number of carboxylic acids is 1.